The van der Waals surface area contributed by atoms with Gasteiger partial charge in [-0.3, -0.25) is 9.78 Å². The number of pyridine rings is 1. The molecule has 26 heavy (non-hydrogen) atoms. The number of hydrogen-bond donors (Lipinski definition) is 1. The average Bonchev–Trinajstić information content (AvgIpc) is 3.18. The summed E-state index contributed by atoms with van der Waals surface area (Å²) in [5.74, 6) is 1.78. The number of amides is 1. The Hall–Kier alpha value is -2.82. The van der Waals surface area contributed by atoms with Crippen LogP contribution in [0.15, 0.2) is 54.9 Å². The van der Waals surface area contributed by atoms with Gasteiger partial charge in [-0.1, -0.05) is 24.3 Å². The average molecular weight is 352 g/mol. The lowest BCUT2D eigenvalue weighted by atomic mass is 10.1. The van der Waals surface area contributed by atoms with Gasteiger partial charge in [0.05, 0.1) is 7.11 Å². The summed E-state index contributed by atoms with van der Waals surface area (Å²) < 4.78 is 11.2. The van der Waals surface area contributed by atoms with Crippen LogP contribution < -0.4 is 14.8 Å². The van der Waals surface area contributed by atoms with Crippen LogP contribution in [-0.2, 0) is 17.9 Å². The van der Waals surface area contributed by atoms with Crippen LogP contribution in [0.4, 0.5) is 0 Å². The van der Waals surface area contributed by atoms with Gasteiger partial charge < -0.3 is 14.8 Å². The van der Waals surface area contributed by atoms with E-state index < -0.39 is 0 Å². The van der Waals surface area contributed by atoms with Crippen LogP contribution in [-0.4, -0.2) is 18.0 Å². The van der Waals surface area contributed by atoms with E-state index in [-0.39, 0.29) is 5.91 Å². The molecule has 136 valence electrons. The number of benzene rings is 1. The van der Waals surface area contributed by atoms with E-state index in [0.717, 1.165) is 24.0 Å². The molecule has 1 aliphatic rings. The molecule has 1 N–H and O–H groups in total. The molecule has 2 aromatic rings. The van der Waals surface area contributed by atoms with E-state index in [4.69, 9.17) is 9.47 Å². The Labute approximate surface area is 154 Å². The molecule has 0 aliphatic heterocycles. The molecule has 1 amide bonds. The highest BCUT2D eigenvalue weighted by Gasteiger charge is 2.14. The van der Waals surface area contributed by atoms with Crippen molar-refractivity contribution in [1.29, 1.82) is 0 Å². The van der Waals surface area contributed by atoms with Crippen molar-refractivity contribution in [2.24, 2.45) is 5.92 Å². The Bertz CT molecular complexity index is 759. The summed E-state index contributed by atoms with van der Waals surface area (Å²) in [6, 6.07) is 9.55. The molecule has 1 aliphatic carbocycles. The maximum atomic E-state index is 12.0. The van der Waals surface area contributed by atoms with E-state index in [1.807, 2.05) is 30.3 Å². The lowest BCUT2D eigenvalue weighted by molar-refractivity contribution is -0.121. The van der Waals surface area contributed by atoms with Crippen LogP contribution in [0, 0.1) is 5.92 Å². The topological polar surface area (TPSA) is 60.5 Å². The fourth-order valence-electron chi connectivity index (χ4n) is 2.96. The molecular formula is C21H24N2O3. The lowest BCUT2D eigenvalue weighted by Crippen LogP contribution is -2.24. The first-order valence-electron chi connectivity index (χ1n) is 8.86. The first-order chi connectivity index (χ1) is 12.7. The van der Waals surface area contributed by atoms with Crippen LogP contribution in [0.25, 0.3) is 0 Å². The second-order valence-electron chi connectivity index (χ2n) is 6.38. The molecule has 0 bridgehead atoms. The number of carbonyl (C=O) groups is 1. The minimum absolute atomic E-state index is 0.0809. The monoisotopic (exact) mass is 352 g/mol. The standard InChI is InChI=1S/C21H24N2O3/c1-25-20-11-17(14-23-21(24)12-16-5-2-3-6-16)8-9-19(20)26-15-18-7-4-10-22-13-18/h2,4-5,7-11,13,16H,3,6,12,14-15H2,1H3,(H,23,24). The maximum Gasteiger partial charge on any atom is 0.220 e. The van der Waals surface area contributed by atoms with Gasteiger partial charge in [-0.05, 0) is 42.5 Å². The van der Waals surface area contributed by atoms with E-state index >= 15 is 0 Å². The molecule has 1 unspecified atom stereocenters. The minimum atomic E-state index is 0.0809. The zero-order chi connectivity index (χ0) is 18.2. The predicted molar refractivity (Wildman–Crippen MR) is 99.9 cm³/mol. The van der Waals surface area contributed by atoms with E-state index in [1.54, 1.807) is 19.5 Å². The molecule has 3 rings (SSSR count). The predicted octanol–water partition coefficient (Wildman–Crippen LogP) is 3.64. The number of hydrogen-bond acceptors (Lipinski definition) is 4. The molecule has 5 nitrogen and oxygen atoms in total. The van der Waals surface area contributed by atoms with Crippen LogP contribution >= 0.6 is 0 Å². The summed E-state index contributed by atoms with van der Waals surface area (Å²) in [5.41, 5.74) is 1.97. The van der Waals surface area contributed by atoms with Crippen molar-refractivity contribution >= 4 is 5.91 Å². The molecule has 0 spiro atoms. The largest absolute Gasteiger partial charge is 0.493 e. The van der Waals surface area contributed by atoms with E-state index in [0.29, 0.717) is 37.0 Å². The number of carbonyl (C=O) groups excluding carboxylic acids is 1. The number of rotatable bonds is 8. The van der Waals surface area contributed by atoms with Crippen molar-refractivity contribution in [3.05, 3.63) is 66.0 Å². The zero-order valence-electron chi connectivity index (χ0n) is 15.0. The van der Waals surface area contributed by atoms with Gasteiger partial charge in [0.2, 0.25) is 5.91 Å². The van der Waals surface area contributed by atoms with Crippen molar-refractivity contribution in [3.8, 4) is 11.5 Å². The highest BCUT2D eigenvalue weighted by Crippen LogP contribution is 2.29. The first kappa shape index (κ1) is 18.0. The van der Waals surface area contributed by atoms with Crippen LogP contribution in [0.5, 0.6) is 11.5 Å². The lowest BCUT2D eigenvalue weighted by Gasteiger charge is -2.13. The Morgan fingerprint density at radius 2 is 2.19 bits per heavy atom. The molecule has 1 aromatic heterocycles. The highest BCUT2D eigenvalue weighted by atomic mass is 16.5. The van der Waals surface area contributed by atoms with Crippen molar-refractivity contribution in [2.75, 3.05) is 7.11 Å². The van der Waals surface area contributed by atoms with Gasteiger partial charge >= 0.3 is 0 Å². The van der Waals surface area contributed by atoms with Crippen molar-refractivity contribution in [3.63, 3.8) is 0 Å². The molecular weight excluding hydrogens is 328 g/mol. The molecule has 1 atom stereocenters. The van der Waals surface area contributed by atoms with Gasteiger partial charge in [-0.15, -0.1) is 0 Å². The quantitative estimate of drug-likeness (QED) is 0.737. The number of allylic oxidation sites excluding steroid dienone is 2. The van der Waals surface area contributed by atoms with Gasteiger partial charge in [-0.2, -0.15) is 0 Å². The summed E-state index contributed by atoms with van der Waals surface area (Å²) in [6.45, 7) is 0.906. The zero-order valence-corrected chi connectivity index (χ0v) is 15.0. The van der Waals surface area contributed by atoms with Gasteiger partial charge in [0.15, 0.2) is 11.5 Å². The third-order valence-electron chi connectivity index (χ3n) is 4.39. The summed E-state index contributed by atoms with van der Waals surface area (Å²) >= 11 is 0. The van der Waals surface area contributed by atoms with Crippen molar-refractivity contribution in [1.82, 2.24) is 10.3 Å². The van der Waals surface area contributed by atoms with E-state index in [2.05, 4.69) is 22.5 Å². The normalized spacial score (nSPS) is 15.7. The highest BCUT2D eigenvalue weighted by molar-refractivity contribution is 5.76. The fraction of sp³-hybridized carbons (Fsp3) is 0.333. The molecule has 0 saturated heterocycles. The summed E-state index contributed by atoms with van der Waals surface area (Å²) in [7, 11) is 1.61. The van der Waals surface area contributed by atoms with E-state index in [9.17, 15) is 4.79 Å². The van der Waals surface area contributed by atoms with Gasteiger partial charge in [0.1, 0.15) is 6.61 Å². The maximum absolute atomic E-state index is 12.0. The van der Waals surface area contributed by atoms with Crippen LogP contribution in [0.1, 0.15) is 30.4 Å². The summed E-state index contributed by atoms with van der Waals surface area (Å²) in [4.78, 5) is 16.1. The summed E-state index contributed by atoms with van der Waals surface area (Å²) in [6.07, 6.45) is 10.5. The number of nitrogens with zero attached hydrogens (tertiary/aromatic N) is 1. The third kappa shape index (κ3) is 5.09. The number of aromatic nitrogens is 1. The Kier molecular flexibility index (Phi) is 6.25. The molecule has 1 heterocycles. The Balaban J connectivity index is 1.54. The fourth-order valence-corrected chi connectivity index (χ4v) is 2.96. The number of nitrogens with one attached hydrogen (secondary N) is 1. The third-order valence-corrected chi connectivity index (χ3v) is 4.39. The van der Waals surface area contributed by atoms with Gasteiger partial charge in [0.25, 0.3) is 0 Å². The van der Waals surface area contributed by atoms with Gasteiger partial charge in [-0.25, -0.2) is 0 Å². The number of ether oxygens (including phenoxy) is 2. The Morgan fingerprint density at radius 1 is 1.27 bits per heavy atom. The molecule has 5 heteroatoms. The van der Waals surface area contributed by atoms with Crippen LogP contribution in [0.2, 0.25) is 0 Å². The summed E-state index contributed by atoms with van der Waals surface area (Å²) in [5, 5.41) is 2.98. The van der Waals surface area contributed by atoms with Crippen molar-refractivity contribution < 1.29 is 14.3 Å². The second kappa shape index (κ2) is 9.04. The molecule has 0 fully saturated rings. The smallest absolute Gasteiger partial charge is 0.220 e. The van der Waals surface area contributed by atoms with Crippen LogP contribution in [0.3, 0.4) is 0 Å². The second-order valence-corrected chi connectivity index (χ2v) is 6.38. The van der Waals surface area contributed by atoms with Crippen molar-refractivity contribution in [2.45, 2.75) is 32.4 Å². The number of methoxy groups -OCH3 is 1. The van der Waals surface area contributed by atoms with Gasteiger partial charge in [0, 0.05) is 30.9 Å². The molecule has 0 radical (unpaired) electrons. The molecule has 1 aromatic carbocycles. The molecule has 0 saturated carbocycles. The first-order valence-corrected chi connectivity index (χ1v) is 8.86. The Morgan fingerprint density at radius 3 is 2.92 bits per heavy atom. The SMILES string of the molecule is COc1cc(CNC(=O)CC2C=CCC2)ccc1OCc1cccnc1. The van der Waals surface area contributed by atoms with E-state index in [1.165, 1.54) is 0 Å². The minimum Gasteiger partial charge on any atom is -0.493 e.